The molecule has 0 aromatic heterocycles. The number of hydrogen-bond donors (Lipinski definition) is 1. The average molecular weight is 333 g/mol. The van der Waals surface area contributed by atoms with Crippen molar-refractivity contribution in [1.82, 2.24) is 0 Å². The van der Waals surface area contributed by atoms with E-state index in [1.165, 1.54) is 31.2 Å². The molecule has 0 aliphatic heterocycles. The lowest BCUT2D eigenvalue weighted by molar-refractivity contribution is -0.114. The van der Waals surface area contributed by atoms with E-state index in [0.717, 1.165) is 12.1 Å². The molecule has 0 fully saturated rings. The molecule has 1 N–H and O–H groups in total. The first-order valence-electron chi connectivity index (χ1n) is 6.89. The normalized spacial score (nSPS) is 10.1. The largest absolute Gasteiger partial charge is 0.454 e. The van der Waals surface area contributed by atoms with E-state index in [-0.39, 0.29) is 17.0 Å². The molecule has 0 radical (unpaired) electrons. The minimum absolute atomic E-state index is 0.245. The molecular formula is C17H13F2NO4. The minimum atomic E-state index is -1.00. The SMILES string of the molecule is CC(=O)Nc1ccc(C(=O)COC(=O)c2cc(F)cc(F)c2)cc1. The molecular weight excluding hydrogens is 320 g/mol. The van der Waals surface area contributed by atoms with Crippen molar-refractivity contribution in [2.45, 2.75) is 6.92 Å². The van der Waals surface area contributed by atoms with Gasteiger partial charge < -0.3 is 10.1 Å². The molecule has 0 aliphatic rings. The Hall–Kier alpha value is -3.09. The highest BCUT2D eigenvalue weighted by Crippen LogP contribution is 2.12. The third kappa shape index (κ3) is 4.70. The Morgan fingerprint density at radius 2 is 1.54 bits per heavy atom. The maximum Gasteiger partial charge on any atom is 0.338 e. The number of halogens is 2. The molecule has 0 saturated carbocycles. The number of carbonyl (C=O) groups is 3. The van der Waals surface area contributed by atoms with Crippen LogP contribution in [0.15, 0.2) is 42.5 Å². The number of benzene rings is 2. The van der Waals surface area contributed by atoms with E-state index in [9.17, 15) is 23.2 Å². The Morgan fingerprint density at radius 3 is 2.08 bits per heavy atom. The number of hydrogen-bond acceptors (Lipinski definition) is 4. The maximum absolute atomic E-state index is 13.0. The van der Waals surface area contributed by atoms with Crippen molar-refractivity contribution >= 4 is 23.3 Å². The first-order chi connectivity index (χ1) is 11.3. The van der Waals surface area contributed by atoms with Crippen LogP contribution < -0.4 is 5.32 Å². The van der Waals surface area contributed by atoms with Gasteiger partial charge in [-0.15, -0.1) is 0 Å². The van der Waals surface area contributed by atoms with E-state index in [1.54, 1.807) is 0 Å². The molecule has 2 rings (SSSR count). The lowest BCUT2D eigenvalue weighted by Gasteiger charge is -2.06. The molecule has 5 nitrogen and oxygen atoms in total. The summed E-state index contributed by atoms with van der Waals surface area (Å²) in [6, 6.07) is 8.23. The van der Waals surface area contributed by atoms with E-state index < -0.39 is 30.0 Å². The number of rotatable bonds is 5. The summed E-state index contributed by atoms with van der Waals surface area (Å²) in [4.78, 5) is 34.5. The fourth-order valence-corrected chi connectivity index (χ4v) is 1.91. The smallest absolute Gasteiger partial charge is 0.338 e. The van der Waals surface area contributed by atoms with Crippen LogP contribution in [-0.2, 0) is 9.53 Å². The summed E-state index contributed by atoms with van der Waals surface area (Å²) in [6.45, 7) is 0.782. The van der Waals surface area contributed by atoms with Crippen molar-refractivity contribution < 1.29 is 27.9 Å². The fraction of sp³-hybridized carbons (Fsp3) is 0.118. The third-order valence-electron chi connectivity index (χ3n) is 2.96. The summed E-state index contributed by atoms with van der Waals surface area (Å²) in [5.74, 6) is -3.57. The van der Waals surface area contributed by atoms with E-state index >= 15 is 0 Å². The van der Waals surface area contributed by atoms with Gasteiger partial charge in [-0.05, 0) is 36.4 Å². The fourth-order valence-electron chi connectivity index (χ4n) is 1.91. The molecule has 7 heteroatoms. The van der Waals surface area contributed by atoms with Crippen LogP contribution in [0.5, 0.6) is 0 Å². The van der Waals surface area contributed by atoms with Crippen molar-refractivity contribution in [3.05, 3.63) is 65.2 Å². The Kier molecular flexibility index (Phi) is 5.36. The van der Waals surface area contributed by atoms with Crippen LogP contribution in [0.2, 0.25) is 0 Å². The number of amides is 1. The van der Waals surface area contributed by atoms with Crippen LogP contribution in [0.3, 0.4) is 0 Å². The van der Waals surface area contributed by atoms with Gasteiger partial charge in [-0.3, -0.25) is 9.59 Å². The molecule has 0 saturated heterocycles. The zero-order chi connectivity index (χ0) is 17.7. The molecule has 0 heterocycles. The zero-order valence-electron chi connectivity index (χ0n) is 12.6. The van der Waals surface area contributed by atoms with E-state index in [0.29, 0.717) is 11.8 Å². The first kappa shape index (κ1) is 17.3. The lowest BCUT2D eigenvalue weighted by Crippen LogP contribution is -2.15. The average Bonchev–Trinajstić information content (AvgIpc) is 2.51. The number of Topliss-reactive ketones (excluding diaryl/α,β-unsaturated/α-hetero) is 1. The minimum Gasteiger partial charge on any atom is -0.454 e. The Morgan fingerprint density at radius 1 is 0.958 bits per heavy atom. The quantitative estimate of drug-likeness (QED) is 0.674. The van der Waals surface area contributed by atoms with Gasteiger partial charge in [0.15, 0.2) is 12.4 Å². The van der Waals surface area contributed by atoms with Gasteiger partial charge in [0, 0.05) is 24.2 Å². The molecule has 2 aromatic carbocycles. The van der Waals surface area contributed by atoms with Crippen molar-refractivity contribution in [3.8, 4) is 0 Å². The van der Waals surface area contributed by atoms with Crippen molar-refractivity contribution in [2.24, 2.45) is 0 Å². The summed E-state index contributed by atoms with van der Waals surface area (Å²) < 4.78 is 30.8. The summed E-state index contributed by atoms with van der Waals surface area (Å²) in [7, 11) is 0. The van der Waals surface area contributed by atoms with Gasteiger partial charge in [0.05, 0.1) is 5.56 Å². The van der Waals surface area contributed by atoms with Gasteiger partial charge in [0.1, 0.15) is 11.6 Å². The number of nitrogens with one attached hydrogen (secondary N) is 1. The number of anilines is 1. The molecule has 0 bridgehead atoms. The Labute approximate surface area is 136 Å². The number of carbonyl (C=O) groups excluding carboxylic acids is 3. The van der Waals surface area contributed by atoms with Gasteiger partial charge in [0.2, 0.25) is 5.91 Å². The van der Waals surface area contributed by atoms with Crippen molar-refractivity contribution in [3.63, 3.8) is 0 Å². The van der Waals surface area contributed by atoms with Crippen molar-refractivity contribution in [2.75, 3.05) is 11.9 Å². The molecule has 0 spiro atoms. The molecule has 1 amide bonds. The van der Waals surface area contributed by atoms with Crippen LogP contribution in [0, 0.1) is 11.6 Å². The number of ether oxygens (including phenoxy) is 1. The zero-order valence-corrected chi connectivity index (χ0v) is 12.6. The predicted octanol–water partition coefficient (Wildman–Crippen LogP) is 2.96. The summed E-state index contributed by atoms with van der Waals surface area (Å²) in [5.41, 5.74) is 0.468. The monoisotopic (exact) mass is 333 g/mol. The second kappa shape index (κ2) is 7.45. The highest BCUT2D eigenvalue weighted by molar-refractivity contribution is 6.00. The Bertz CT molecular complexity index is 767. The molecule has 0 unspecified atom stereocenters. The lowest BCUT2D eigenvalue weighted by atomic mass is 10.1. The van der Waals surface area contributed by atoms with Crippen LogP contribution in [-0.4, -0.2) is 24.3 Å². The van der Waals surface area contributed by atoms with Crippen LogP contribution in [0.25, 0.3) is 0 Å². The molecule has 124 valence electrons. The van der Waals surface area contributed by atoms with E-state index in [4.69, 9.17) is 4.74 Å². The highest BCUT2D eigenvalue weighted by atomic mass is 19.1. The van der Waals surface area contributed by atoms with Crippen LogP contribution in [0.4, 0.5) is 14.5 Å². The summed E-state index contributed by atoms with van der Waals surface area (Å²) in [5, 5.41) is 2.55. The number of esters is 1. The van der Waals surface area contributed by atoms with Gasteiger partial charge >= 0.3 is 5.97 Å². The standard InChI is InChI=1S/C17H13F2NO4/c1-10(21)20-15-4-2-11(3-5-15)16(22)9-24-17(23)12-6-13(18)8-14(19)7-12/h2-8H,9H2,1H3,(H,20,21). The second-order valence-corrected chi connectivity index (χ2v) is 4.92. The molecule has 2 aromatic rings. The Balaban J connectivity index is 1.97. The second-order valence-electron chi connectivity index (χ2n) is 4.92. The topological polar surface area (TPSA) is 72.5 Å². The van der Waals surface area contributed by atoms with Gasteiger partial charge in [-0.25, -0.2) is 13.6 Å². The number of ketones is 1. The third-order valence-corrected chi connectivity index (χ3v) is 2.96. The summed E-state index contributed by atoms with van der Waals surface area (Å²) >= 11 is 0. The van der Waals surface area contributed by atoms with Crippen LogP contribution >= 0.6 is 0 Å². The first-order valence-corrected chi connectivity index (χ1v) is 6.89. The maximum atomic E-state index is 13.0. The highest BCUT2D eigenvalue weighted by Gasteiger charge is 2.14. The van der Waals surface area contributed by atoms with Crippen molar-refractivity contribution in [1.29, 1.82) is 0 Å². The van der Waals surface area contributed by atoms with Gasteiger partial charge in [-0.1, -0.05) is 0 Å². The van der Waals surface area contributed by atoms with Gasteiger partial charge in [0.25, 0.3) is 0 Å². The predicted molar refractivity (Wildman–Crippen MR) is 81.7 cm³/mol. The van der Waals surface area contributed by atoms with E-state index in [2.05, 4.69) is 5.32 Å². The van der Waals surface area contributed by atoms with Crippen LogP contribution in [0.1, 0.15) is 27.6 Å². The molecule has 24 heavy (non-hydrogen) atoms. The molecule has 0 aliphatic carbocycles. The van der Waals surface area contributed by atoms with E-state index in [1.807, 2.05) is 0 Å². The summed E-state index contributed by atoms with van der Waals surface area (Å²) in [6.07, 6.45) is 0. The van der Waals surface area contributed by atoms with Gasteiger partial charge in [-0.2, -0.15) is 0 Å². The molecule has 0 atom stereocenters.